The van der Waals surface area contributed by atoms with Gasteiger partial charge >= 0.3 is 0 Å². The van der Waals surface area contributed by atoms with Crippen molar-refractivity contribution in [2.24, 2.45) is 0 Å². The number of amides is 1. The van der Waals surface area contributed by atoms with Gasteiger partial charge in [0, 0.05) is 25.0 Å². The van der Waals surface area contributed by atoms with E-state index in [0.717, 1.165) is 28.3 Å². The van der Waals surface area contributed by atoms with Crippen LogP contribution in [0, 0.1) is 0 Å². The fourth-order valence-electron chi connectivity index (χ4n) is 4.74. The first-order valence-corrected chi connectivity index (χ1v) is 8.40. The zero-order chi connectivity index (χ0) is 16.5. The van der Waals surface area contributed by atoms with E-state index in [4.69, 9.17) is 0 Å². The van der Waals surface area contributed by atoms with E-state index in [0.29, 0.717) is 25.0 Å². The molecule has 1 saturated heterocycles. The van der Waals surface area contributed by atoms with Gasteiger partial charge in [-0.1, -0.05) is 30.3 Å². The maximum Gasteiger partial charge on any atom is 0.223 e. The quantitative estimate of drug-likeness (QED) is 0.812. The molecule has 3 aliphatic rings. The number of carbonyl (C=O) groups is 2. The number of rotatable bonds is 0. The second kappa shape index (κ2) is 4.47. The molecule has 1 amide bonds. The van der Waals surface area contributed by atoms with Crippen LogP contribution in [0.5, 0.6) is 0 Å². The number of nitrogens with zero attached hydrogens (tertiary/aromatic N) is 1. The molecule has 1 N–H and O–H groups in total. The zero-order valence-electron chi connectivity index (χ0n) is 13.2. The van der Waals surface area contributed by atoms with Crippen molar-refractivity contribution in [2.75, 3.05) is 6.54 Å². The number of ketones is 1. The summed E-state index contributed by atoms with van der Waals surface area (Å²) in [5.74, 6) is -0.300. The van der Waals surface area contributed by atoms with Crippen molar-refractivity contribution < 1.29 is 14.7 Å². The highest BCUT2D eigenvalue weighted by atomic mass is 16.3. The first-order chi connectivity index (χ1) is 11.6. The molecule has 2 aliphatic heterocycles. The number of benzene rings is 2. The van der Waals surface area contributed by atoms with E-state index in [1.54, 1.807) is 0 Å². The number of aliphatic hydroxyl groups excluding tert-OH is 1. The molecule has 1 fully saturated rings. The van der Waals surface area contributed by atoms with Crippen LogP contribution < -0.4 is 0 Å². The Morgan fingerprint density at radius 2 is 1.79 bits per heavy atom. The summed E-state index contributed by atoms with van der Waals surface area (Å²) in [7, 11) is 0. The molecule has 0 aromatic heterocycles. The smallest absolute Gasteiger partial charge is 0.223 e. The Morgan fingerprint density at radius 1 is 1.04 bits per heavy atom. The van der Waals surface area contributed by atoms with Crippen molar-refractivity contribution in [3.8, 4) is 0 Å². The zero-order valence-corrected chi connectivity index (χ0v) is 13.2. The molecule has 0 radical (unpaired) electrons. The normalized spacial score (nSPS) is 25.8. The highest BCUT2D eigenvalue weighted by Crippen LogP contribution is 2.52. The molecule has 0 saturated carbocycles. The Kier molecular flexibility index (Phi) is 2.57. The lowest BCUT2D eigenvalue weighted by Gasteiger charge is -2.35. The van der Waals surface area contributed by atoms with Gasteiger partial charge in [-0.3, -0.25) is 9.59 Å². The minimum Gasteiger partial charge on any atom is -0.504 e. The number of aliphatic hydroxyl groups is 1. The van der Waals surface area contributed by atoms with Gasteiger partial charge in [-0.15, -0.1) is 0 Å². The predicted molar refractivity (Wildman–Crippen MR) is 90.5 cm³/mol. The van der Waals surface area contributed by atoms with E-state index >= 15 is 0 Å². The molecule has 24 heavy (non-hydrogen) atoms. The van der Waals surface area contributed by atoms with Crippen molar-refractivity contribution in [3.05, 3.63) is 53.3 Å². The third kappa shape index (κ3) is 1.58. The molecule has 2 heterocycles. The van der Waals surface area contributed by atoms with Crippen LogP contribution in [0.3, 0.4) is 0 Å². The third-order valence-electron chi connectivity index (χ3n) is 5.84. The summed E-state index contributed by atoms with van der Waals surface area (Å²) in [6.45, 7) is 0.605. The molecular formula is C20H17NO3. The molecular weight excluding hydrogens is 302 g/mol. The lowest BCUT2D eigenvalue weighted by atomic mass is 9.83. The Morgan fingerprint density at radius 3 is 2.58 bits per heavy atom. The summed E-state index contributed by atoms with van der Waals surface area (Å²) in [4.78, 5) is 26.6. The first-order valence-electron chi connectivity index (χ1n) is 8.40. The molecule has 4 heteroatoms. The Balaban J connectivity index is 1.84. The van der Waals surface area contributed by atoms with Crippen molar-refractivity contribution in [1.29, 1.82) is 0 Å². The van der Waals surface area contributed by atoms with Gasteiger partial charge in [0.25, 0.3) is 0 Å². The average Bonchev–Trinajstić information content (AvgIpc) is 2.96. The van der Waals surface area contributed by atoms with Crippen molar-refractivity contribution >= 4 is 28.0 Å². The Labute approximate surface area is 139 Å². The topological polar surface area (TPSA) is 57.6 Å². The number of allylic oxidation sites excluding steroid dienone is 1. The van der Waals surface area contributed by atoms with E-state index in [1.807, 2.05) is 23.1 Å². The van der Waals surface area contributed by atoms with Gasteiger partial charge < -0.3 is 10.0 Å². The fourth-order valence-corrected chi connectivity index (χ4v) is 4.74. The molecule has 1 spiro atoms. The van der Waals surface area contributed by atoms with Crippen LogP contribution in [0.1, 0.15) is 30.4 Å². The predicted octanol–water partition coefficient (Wildman–Crippen LogP) is 3.00. The maximum absolute atomic E-state index is 12.4. The van der Waals surface area contributed by atoms with Gasteiger partial charge in [-0.25, -0.2) is 0 Å². The number of Topliss-reactive ketones (excluding diaryl/α,β-unsaturated/α-hetero) is 1. The fraction of sp³-hybridized carbons (Fsp3) is 0.300. The van der Waals surface area contributed by atoms with Gasteiger partial charge in [0.1, 0.15) is 0 Å². The highest BCUT2D eigenvalue weighted by Gasteiger charge is 2.56. The number of carbonyl (C=O) groups excluding carboxylic acids is 2. The molecule has 4 nitrogen and oxygen atoms in total. The minimum atomic E-state index is -0.633. The molecule has 5 rings (SSSR count). The molecule has 2 aromatic carbocycles. The summed E-state index contributed by atoms with van der Waals surface area (Å²) in [6, 6.07) is 12.3. The van der Waals surface area contributed by atoms with Crippen LogP contribution in [0.15, 0.2) is 42.2 Å². The van der Waals surface area contributed by atoms with E-state index < -0.39 is 5.54 Å². The van der Waals surface area contributed by atoms with Crippen LogP contribution >= 0.6 is 0 Å². The van der Waals surface area contributed by atoms with Crippen LogP contribution in [0.4, 0.5) is 0 Å². The summed E-state index contributed by atoms with van der Waals surface area (Å²) in [6.07, 6.45) is 2.03. The number of hydrogen-bond acceptors (Lipinski definition) is 3. The highest BCUT2D eigenvalue weighted by molar-refractivity contribution is 6.11. The van der Waals surface area contributed by atoms with Crippen molar-refractivity contribution in [3.63, 3.8) is 0 Å². The second-order valence-corrected chi connectivity index (χ2v) is 7.01. The number of fused-ring (bicyclic) bond motifs is 3. The van der Waals surface area contributed by atoms with E-state index in [2.05, 4.69) is 18.2 Å². The first kappa shape index (κ1) is 13.8. The molecule has 120 valence electrons. The van der Waals surface area contributed by atoms with Crippen molar-refractivity contribution in [1.82, 2.24) is 4.90 Å². The SMILES string of the molecule is O=C1C[C@]23CCC(=O)N2CCc2cc4ccccc4cc2C3=C1O. The Bertz CT molecular complexity index is 959. The van der Waals surface area contributed by atoms with E-state index in [9.17, 15) is 14.7 Å². The van der Waals surface area contributed by atoms with Crippen LogP contribution in [-0.2, 0) is 16.0 Å². The minimum absolute atomic E-state index is 0.0901. The van der Waals surface area contributed by atoms with Gasteiger partial charge in [-0.05, 0) is 40.8 Å². The molecule has 1 aliphatic carbocycles. The van der Waals surface area contributed by atoms with Gasteiger partial charge in [0.05, 0.1) is 5.54 Å². The molecule has 1 atom stereocenters. The van der Waals surface area contributed by atoms with Gasteiger partial charge in [0.2, 0.25) is 5.91 Å². The molecule has 0 unspecified atom stereocenters. The third-order valence-corrected chi connectivity index (χ3v) is 5.84. The monoisotopic (exact) mass is 319 g/mol. The maximum atomic E-state index is 12.4. The van der Waals surface area contributed by atoms with Crippen LogP contribution in [0.25, 0.3) is 16.3 Å². The number of hydrogen-bond donors (Lipinski definition) is 1. The van der Waals surface area contributed by atoms with Crippen molar-refractivity contribution in [2.45, 2.75) is 31.2 Å². The molecule has 2 aromatic rings. The average molecular weight is 319 g/mol. The largest absolute Gasteiger partial charge is 0.504 e. The van der Waals surface area contributed by atoms with Crippen LogP contribution in [0.2, 0.25) is 0 Å². The summed E-state index contributed by atoms with van der Waals surface area (Å²) < 4.78 is 0. The second-order valence-electron chi connectivity index (χ2n) is 7.01. The Hall–Kier alpha value is -2.62. The van der Waals surface area contributed by atoms with Gasteiger partial charge in [-0.2, -0.15) is 0 Å². The van der Waals surface area contributed by atoms with E-state index in [-0.39, 0.29) is 23.9 Å². The van der Waals surface area contributed by atoms with Crippen LogP contribution in [-0.4, -0.2) is 33.8 Å². The van der Waals surface area contributed by atoms with Gasteiger partial charge in [0.15, 0.2) is 11.5 Å². The summed E-state index contributed by atoms with van der Waals surface area (Å²) in [5.41, 5.74) is 2.09. The van der Waals surface area contributed by atoms with E-state index in [1.165, 1.54) is 0 Å². The molecule has 0 bridgehead atoms. The standard InChI is InChI=1S/C20H17NO3/c22-16-11-20-7-5-17(23)21(20)8-6-14-9-12-3-1-2-4-13(12)10-15(14)18(20)19(16)24/h1-4,9-10,24H,5-8,11H2/t20-/m0/s1. The lowest BCUT2D eigenvalue weighted by Crippen LogP contribution is -2.45. The lowest BCUT2D eigenvalue weighted by molar-refractivity contribution is -0.130. The summed E-state index contributed by atoms with van der Waals surface area (Å²) in [5, 5.41) is 12.8. The summed E-state index contributed by atoms with van der Waals surface area (Å²) >= 11 is 0.